The largest absolute Gasteiger partial charge is 0.444 e. The van der Waals surface area contributed by atoms with Crippen LogP contribution in [-0.2, 0) is 14.8 Å². The van der Waals surface area contributed by atoms with E-state index < -0.39 is 21.7 Å². The first-order chi connectivity index (χ1) is 15.0. The predicted octanol–water partition coefficient (Wildman–Crippen LogP) is 3.83. The maximum absolute atomic E-state index is 13.0. The molecular formula is C22H26ClN3O5S. The number of ether oxygens (including phenoxy) is 1. The molecule has 2 amide bonds. The summed E-state index contributed by atoms with van der Waals surface area (Å²) in [5.41, 5.74) is -0.0875. The summed E-state index contributed by atoms with van der Waals surface area (Å²) >= 11 is 6.05. The molecule has 1 N–H and O–H groups in total. The molecule has 1 heterocycles. The second-order valence-electron chi connectivity index (χ2n) is 8.37. The monoisotopic (exact) mass is 479 g/mol. The summed E-state index contributed by atoms with van der Waals surface area (Å²) in [4.78, 5) is 28.3. The lowest BCUT2D eigenvalue weighted by Crippen LogP contribution is -2.51. The van der Waals surface area contributed by atoms with Gasteiger partial charge in [-0.2, -0.15) is 0 Å². The van der Waals surface area contributed by atoms with Crippen molar-refractivity contribution in [3.05, 3.63) is 59.1 Å². The molecule has 2 aromatic carbocycles. The topological polar surface area (TPSA) is 96.0 Å². The minimum Gasteiger partial charge on any atom is -0.444 e. The molecule has 172 valence electrons. The molecule has 32 heavy (non-hydrogen) atoms. The van der Waals surface area contributed by atoms with Crippen LogP contribution in [0, 0.1) is 0 Å². The third-order valence-electron chi connectivity index (χ3n) is 4.73. The van der Waals surface area contributed by atoms with E-state index in [9.17, 15) is 18.0 Å². The highest BCUT2D eigenvalue weighted by Crippen LogP contribution is 2.24. The summed E-state index contributed by atoms with van der Waals surface area (Å²) in [6, 6.07) is 12.3. The van der Waals surface area contributed by atoms with Crippen molar-refractivity contribution in [3.8, 4) is 0 Å². The summed E-state index contributed by atoms with van der Waals surface area (Å²) in [6.45, 7) is 6.73. The molecule has 1 aliphatic heterocycles. The summed E-state index contributed by atoms with van der Waals surface area (Å²) in [6.07, 6.45) is -0.414. The summed E-state index contributed by atoms with van der Waals surface area (Å²) in [5.74, 6) is -0.302. The van der Waals surface area contributed by atoms with Crippen molar-refractivity contribution in [3.63, 3.8) is 0 Å². The van der Waals surface area contributed by atoms with Gasteiger partial charge in [-0.1, -0.05) is 29.8 Å². The van der Waals surface area contributed by atoms with E-state index in [0.717, 1.165) is 0 Å². The van der Waals surface area contributed by atoms with Crippen LogP contribution in [0.1, 0.15) is 31.1 Å². The maximum Gasteiger partial charge on any atom is 0.410 e. The Bertz CT molecular complexity index is 1110. The second-order valence-corrected chi connectivity index (χ2v) is 10.5. The van der Waals surface area contributed by atoms with Crippen LogP contribution in [-0.4, -0.2) is 62.0 Å². The zero-order valence-electron chi connectivity index (χ0n) is 18.2. The quantitative estimate of drug-likeness (QED) is 0.718. The van der Waals surface area contributed by atoms with E-state index in [1.165, 1.54) is 18.2 Å². The lowest BCUT2D eigenvalue weighted by atomic mass is 10.2. The first kappa shape index (κ1) is 23.9. The van der Waals surface area contributed by atoms with E-state index in [1.54, 1.807) is 60.9 Å². The van der Waals surface area contributed by atoms with Gasteiger partial charge in [0.05, 0.1) is 15.6 Å². The Balaban J connectivity index is 1.68. The molecule has 2 aromatic rings. The average molecular weight is 480 g/mol. The summed E-state index contributed by atoms with van der Waals surface area (Å²) in [7, 11) is -3.93. The fraction of sp³-hybridized carbons (Fsp3) is 0.364. The Labute approximate surface area is 193 Å². The fourth-order valence-electron chi connectivity index (χ4n) is 3.15. The Morgan fingerprint density at radius 2 is 1.59 bits per heavy atom. The van der Waals surface area contributed by atoms with Crippen molar-refractivity contribution < 1.29 is 22.7 Å². The number of para-hydroxylation sites is 1. The minimum absolute atomic E-state index is 0.0457. The van der Waals surface area contributed by atoms with Gasteiger partial charge in [-0.05, 0) is 51.1 Å². The number of sulfonamides is 1. The average Bonchev–Trinajstić information content (AvgIpc) is 2.74. The van der Waals surface area contributed by atoms with E-state index in [4.69, 9.17) is 16.3 Å². The van der Waals surface area contributed by atoms with Crippen LogP contribution in [0.5, 0.6) is 0 Å². The molecule has 0 atom stereocenters. The van der Waals surface area contributed by atoms with Crippen LogP contribution in [0.4, 0.5) is 10.5 Å². The summed E-state index contributed by atoms with van der Waals surface area (Å²) in [5, 5.41) is 0.270. The molecule has 1 aliphatic rings. The molecule has 3 rings (SSSR count). The van der Waals surface area contributed by atoms with Crippen molar-refractivity contribution in [2.75, 3.05) is 30.9 Å². The van der Waals surface area contributed by atoms with Gasteiger partial charge in [-0.3, -0.25) is 9.52 Å². The number of benzene rings is 2. The number of nitrogens with zero attached hydrogens (tertiary/aromatic N) is 2. The van der Waals surface area contributed by atoms with Crippen molar-refractivity contribution in [1.29, 1.82) is 0 Å². The zero-order chi connectivity index (χ0) is 23.5. The molecule has 1 fully saturated rings. The molecule has 0 spiro atoms. The molecule has 0 unspecified atom stereocenters. The minimum atomic E-state index is -3.93. The van der Waals surface area contributed by atoms with Crippen molar-refractivity contribution in [1.82, 2.24) is 9.80 Å². The van der Waals surface area contributed by atoms with Crippen LogP contribution < -0.4 is 4.72 Å². The highest BCUT2D eigenvalue weighted by atomic mass is 35.5. The van der Waals surface area contributed by atoms with Gasteiger partial charge < -0.3 is 14.5 Å². The smallest absolute Gasteiger partial charge is 0.410 e. The molecule has 0 bridgehead atoms. The van der Waals surface area contributed by atoms with Crippen LogP contribution in [0.25, 0.3) is 0 Å². The molecule has 0 aromatic heterocycles. The highest BCUT2D eigenvalue weighted by Gasteiger charge is 2.28. The number of halogens is 1. The van der Waals surface area contributed by atoms with Crippen molar-refractivity contribution in [2.45, 2.75) is 31.3 Å². The third-order valence-corrected chi connectivity index (χ3v) is 6.42. The number of carbonyl (C=O) groups excluding carboxylic acids is 2. The first-order valence-electron chi connectivity index (χ1n) is 10.1. The van der Waals surface area contributed by atoms with E-state index in [2.05, 4.69) is 4.72 Å². The zero-order valence-corrected chi connectivity index (χ0v) is 19.7. The fourth-order valence-corrected chi connectivity index (χ4v) is 4.51. The Hall–Kier alpha value is -2.78. The number of carbonyl (C=O) groups is 2. The number of amides is 2. The molecule has 1 saturated heterocycles. The van der Waals surface area contributed by atoms with Crippen LogP contribution in [0.3, 0.4) is 0 Å². The number of nitrogens with one attached hydrogen (secondary N) is 1. The van der Waals surface area contributed by atoms with Gasteiger partial charge in [0.1, 0.15) is 5.60 Å². The van der Waals surface area contributed by atoms with E-state index in [0.29, 0.717) is 26.2 Å². The molecule has 0 radical (unpaired) electrons. The van der Waals surface area contributed by atoms with Crippen molar-refractivity contribution >= 4 is 39.3 Å². The Kier molecular flexibility index (Phi) is 7.00. The SMILES string of the molecule is CC(C)(C)OC(=O)N1CCN(C(=O)c2cccc(S(=O)(=O)Nc3ccccc3Cl)c2)CC1. The predicted molar refractivity (Wildman–Crippen MR) is 122 cm³/mol. The Morgan fingerprint density at radius 3 is 2.22 bits per heavy atom. The van der Waals surface area contributed by atoms with Gasteiger partial charge in [-0.25, -0.2) is 13.2 Å². The van der Waals surface area contributed by atoms with Gasteiger partial charge in [0.2, 0.25) is 0 Å². The van der Waals surface area contributed by atoms with E-state index in [-0.39, 0.29) is 27.1 Å². The number of anilines is 1. The summed E-state index contributed by atoms with van der Waals surface area (Å²) < 4.78 is 33.4. The maximum atomic E-state index is 13.0. The number of rotatable bonds is 4. The van der Waals surface area contributed by atoms with Gasteiger partial charge in [0.25, 0.3) is 15.9 Å². The molecule has 8 nitrogen and oxygen atoms in total. The van der Waals surface area contributed by atoms with Gasteiger partial charge in [0.15, 0.2) is 0 Å². The number of hydrogen-bond donors (Lipinski definition) is 1. The molecule has 10 heteroatoms. The molecular weight excluding hydrogens is 454 g/mol. The van der Waals surface area contributed by atoms with Crippen LogP contribution in [0.15, 0.2) is 53.4 Å². The molecule has 0 aliphatic carbocycles. The number of hydrogen-bond acceptors (Lipinski definition) is 5. The number of piperazine rings is 1. The lowest BCUT2D eigenvalue weighted by Gasteiger charge is -2.35. The van der Waals surface area contributed by atoms with Gasteiger partial charge in [0, 0.05) is 31.7 Å². The standard InChI is InChI=1S/C22H26ClN3O5S/c1-22(2,3)31-21(28)26-13-11-25(12-14-26)20(27)16-7-6-8-17(15-16)32(29,30)24-19-10-5-4-9-18(19)23/h4-10,15,24H,11-14H2,1-3H3. The normalized spacial score (nSPS) is 14.8. The highest BCUT2D eigenvalue weighted by molar-refractivity contribution is 7.92. The van der Waals surface area contributed by atoms with Gasteiger partial charge in [-0.15, -0.1) is 0 Å². The third kappa shape index (κ3) is 5.92. The second kappa shape index (κ2) is 9.38. The Morgan fingerprint density at radius 1 is 0.969 bits per heavy atom. The van der Waals surface area contributed by atoms with Gasteiger partial charge >= 0.3 is 6.09 Å². The van der Waals surface area contributed by atoms with Crippen molar-refractivity contribution in [2.24, 2.45) is 0 Å². The van der Waals surface area contributed by atoms with Crippen LogP contribution in [0.2, 0.25) is 5.02 Å². The first-order valence-corrected chi connectivity index (χ1v) is 12.0. The lowest BCUT2D eigenvalue weighted by molar-refractivity contribution is 0.0141. The van der Waals surface area contributed by atoms with E-state index in [1.807, 2.05) is 0 Å². The molecule has 0 saturated carbocycles. The van der Waals surface area contributed by atoms with E-state index >= 15 is 0 Å². The van der Waals surface area contributed by atoms with Crippen LogP contribution >= 0.6 is 11.6 Å².